The van der Waals surface area contributed by atoms with Crippen molar-refractivity contribution in [2.75, 3.05) is 11.1 Å². The first-order valence-electron chi connectivity index (χ1n) is 7.77. The second-order valence-corrected chi connectivity index (χ2v) is 7.72. The Morgan fingerprint density at radius 2 is 2.08 bits per heavy atom. The molecular formula is C15H15BrN6O2S. The molecule has 1 aliphatic rings. The van der Waals surface area contributed by atoms with E-state index in [-0.39, 0.29) is 17.3 Å². The molecule has 130 valence electrons. The highest BCUT2D eigenvalue weighted by Gasteiger charge is 2.28. The number of aryl methyl sites for hydroxylation is 1. The largest absolute Gasteiger partial charge is 0.324 e. The maximum Gasteiger partial charge on any atom is 0.323 e. The van der Waals surface area contributed by atoms with Crippen molar-refractivity contribution in [3.63, 3.8) is 0 Å². The molecule has 0 atom stereocenters. The van der Waals surface area contributed by atoms with Gasteiger partial charge < -0.3 is 19.9 Å². The monoisotopic (exact) mass is 422 g/mol. The smallest absolute Gasteiger partial charge is 0.323 e. The molecule has 10 heteroatoms. The van der Waals surface area contributed by atoms with Gasteiger partial charge in [0.1, 0.15) is 5.82 Å². The van der Waals surface area contributed by atoms with Crippen LogP contribution in [0.4, 0.5) is 5.69 Å². The molecule has 0 unspecified atom stereocenters. The van der Waals surface area contributed by atoms with Crippen molar-refractivity contribution < 1.29 is 4.79 Å². The molecule has 1 amide bonds. The van der Waals surface area contributed by atoms with Crippen molar-refractivity contribution in [3.8, 4) is 0 Å². The second kappa shape index (κ2) is 6.34. The van der Waals surface area contributed by atoms with Crippen molar-refractivity contribution in [1.29, 1.82) is 0 Å². The number of halogens is 1. The number of benzene rings is 1. The van der Waals surface area contributed by atoms with E-state index >= 15 is 0 Å². The Hall–Kier alpha value is -2.07. The number of nitrogens with zero attached hydrogens (tertiary/aromatic N) is 3. The molecule has 3 N–H and O–H groups in total. The molecule has 0 bridgehead atoms. The van der Waals surface area contributed by atoms with Crippen LogP contribution in [0.15, 0.2) is 26.6 Å². The Kier molecular flexibility index (Phi) is 4.16. The molecule has 1 fully saturated rings. The Morgan fingerprint density at radius 3 is 2.80 bits per heavy atom. The van der Waals surface area contributed by atoms with Crippen molar-refractivity contribution in [2.45, 2.75) is 31.0 Å². The summed E-state index contributed by atoms with van der Waals surface area (Å²) in [7, 11) is 0. The van der Waals surface area contributed by atoms with E-state index in [2.05, 4.69) is 46.0 Å². The predicted octanol–water partition coefficient (Wildman–Crippen LogP) is 2.58. The van der Waals surface area contributed by atoms with Crippen molar-refractivity contribution in [3.05, 3.63) is 32.9 Å². The Morgan fingerprint density at radius 1 is 1.36 bits per heavy atom. The minimum Gasteiger partial charge on any atom is -0.324 e. The Bertz CT molecular complexity index is 1020. The van der Waals surface area contributed by atoms with Crippen LogP contribution in [0.5, 0.6) is 0 Å². The van der Waals surface area contributed by atoms with Gasteiger partial charge in [0.15, 0.2) is 5.16 Å². The first-order valence-corrected chi connectivity index (χ1v) is 9.55. The second-order valence-electron chi connectivity index (χ2n) is 5.92. The quantitative estimate of drug-likeness (QED) is 0.547. The number of hydrogen-bond donors (Lipinski definition) is 3. The summed E-state index contributed by atoms with van der Waals surface area (Å²) in [4.78, 5) is 29.0. The standard InChI is InChI=1S/C15H15BrN6O2S/c1-7-20-21-15(22(7)8-2-3-8)25-6-13(23)17-10-5-12-11(4-9(10)16)18-14(24)19-12/h4-5,8H,2-3,6H2,1H3,(H,17,23)(H2,18,19,24). The van der Waals surface area contributed by atoms with Crippen LogP contribution in [0.2, 0.25) is 0 Å². The van der Waals surface area contributed by atoms with Gasteiger partial charge in [0.25, 0.3) is 0 Å². The van der Waals surface area contributed by atoms with E-state index in [9.17, 15) is 9.59 Å². The fourth-order valence-electron chi connectivity index (χ4n) is 2.67. The van der Waals surface area contributed by atoms with E-state index in [1.807, 2.05) is 6.92 Å². The van der Waals surface area contributed by atoms with Crippen LogP contribution >= 0.6 is 27.7 Å². The van der Waals surface area contributed by atoms with Gasteiger partial charge in [-0.3, -0.25) is 4.79 Å². The molecule has 0 radical (unpaired) electrons. The van der Waals surface area contributed by atoms with Crippen LogP contribution in [-0.2, 0) is 4.79 Å². The first kappa shape index (κ1) is 16.4. The highest BCUT2D eigenvalue weighted by molar-refractivity contribution is 9.10. The maximum atomic E-state index is 12.3. The number of fused-ring (bicyclic) bond motifs is 1. The third-order valence-electron chi connectivity index (χ3n) is 3.96. The Balaban J connectivity index is 1.45. The summed E-state index contributed by atoms with van der Waals surface area (Å²) >= 11 is 4.78. The molecule has 4 rings (SSSR count). The lowest BCUT2D eigenvalue weighted by Crippen LogP contribution is -2.15. The normalized spacial score (nSPS) is 14.2. The zero-order valence-electron chi connectivity index (χ0n) is 13.3. The first-order chi connectivity index (χ1) is 12.0. The summed E-state index contributed by atoms with van der Waals surface area (Å²) in [5.41, 5.74) is 1.64. The molecule has 1 aromatic carbocycles. The van der Waals surface area contributed by atoms with Gasteiger partial charge in [-0.2, -0.15) is 0 Å². The van der Waals surface area contributed by atoms with Crippen molar-refractivity contribution >= 4 is 50.3 Å². The number of carbonyl (C=O) groups is 1. The van der Waals surface area contributed by atoms with Crippen LogP contribution in [0.25, 0.3) is 11.0 Å². The summed E-state index contributed by atoms with van der Waals surface area (Å²) in [6.07, 6.45) is 2.28. The van der Waals surface area contributed by atoms with E-state index in [0.717, 1.165) is 23.8 Å². The SMILES string of the molecule is Cc1nnc(SCC(=O)Nc2cc3[nH]c(=O)[nH]c3cc2Br)n1C1CC1. The van der Waals surface area contributed by atoms with Crippen LogP contribution < -0.4 is 11.0 Å². The summed E-state index contributed by atoms with van der Waals surface area (Å²) in [6.45, 7) is 1.93. The number of anilines is 1. The zero-order chi connectivity index (χ0) is 17.6. The van der Waals surface area contributed by atoms with E-state index in [0.29, 0.717) is 27.2 Å². The van der Waals surface area contributed by atoms with Gasteiger partial charge in [0.2, 0.25) is 5.91 Å². The summed E-state index contributed by atoms with van der Waals surface area (Å²) in [6, 6.07) is 3.95. The lowest BCUT2D eigenvalue weighted by Gasteiger charge is -2.08. The van der Waals surface area contributed by atoms with Gasteiger partial charge in [-0.15, -0.1) is 10.2 Å². The number of rotatable bonds is 5. The predicted molar refractivity (Wildman–Crippen MR) is 99.0 cm³/mol. The molecule has 1 aliphatic carbocycles. The maximum absolute atomic E-state index is 12.3. The average Bonchev–Trinajstić information content (AvgIpc) is 3.23. The number of nitrogens with one attached hydrogen (secondary N) is 3. The number of H-pyrrole nitrogens is 2. The molecule has 0 spiro atoms. The molecule has 0 aliphatic heterocycles. The van der Waals surface area contributed by atoms with Crippen molar-refractivity contribution in [1.82, 2.24) is 24.7 Å². The van der Waals surface area contributed by atoms with E-state index in [1.165, 1.54) is 11.8 Å². The lowest BCUT2D eigenvalue weighted by molar-refractivity contribution is -0.113. The van der Waals surface area contributed by atoms with E-state index < -0.39 is 0 Å². The molecule has 2 aromatic heterocycles. The van der Waals surface area contributed by atoms with Crippen LogP contribution in [0, 0.1) is 6.92 Å². The summed E-state index contributed by atoms with van der Waals surface area (Å²) < 4.78 is 2.80. The van der Waals surface area contributed by atoms with Gasteiger partial charge in [-0.1, -0.05) is 11.8 Å². The Labute approximate surface area is 154 Å². The zero-order valence-corrected chi connectivity index (χ0v) is 15.7. The van der Waals surface area contributed by atoms with Crippen LogP contribution in [0.1, 0.15) is 24.7 Å². The van der Waals surface area contributed by atoms with Gasteiger partial charge in [-0.25, -0.2) is 4.79 Å². The molecule has 3 aromatic rings. The molecule has 2 heterocycles. The topological polar surface area (TPSA) is 108 Å². The molecule has 1 saturated carbocycles. The number of aromatic amines is 2. The minimum atomic E-state index is -0.282. The highest BCUT2D eigenvalue weighted by Crippen LogP contribution is 2.38. The summed E-state index contributed by atoms with van der Waals surface area (Å²) in [5.74, 6) is 0.972. The van der Waals surface area contributed by atoms with E-state index in [1.54, 1.807) is 12.1 Å². The van der Waals surface area contributed by atoms with Gasteiger partial charge >= 0.3 is 5.69 Å². The summed E-state index contributed by atoms with van der Waals surface area (Å²) in [5, 5.41) is 11.9. The number of imidazole rings is 1. The number of thioether (sulfide) groups is 1. The number of carbonyl (C=O) groups excluding carboxylic acids is 1. The third-order valence-corrected chi connectivity index (χ3v) is 5.56. The van der Waals surface area contributed by atoms with Crippen molar-refractivity contribution in [2.24, 2.45) is 0 Å². The lowest BCUT2D eigenvalue weighted by atomic mass is 10.3. The number of aromatic nitrogens is 5. The molecule has 25 heavy (non-hydrogen) atoms. The minimum absolute atomic E-state index is 0.147. The third kappa shape index (κ3) is 3.36. The number of hydrogen-bond acceptors (Lipinski definition) is 5. The van der Waals surface area contributed by atoms with E-state index in [4.69, 9.17) is 0 Å². The molecule has 0 saturated heterocycles. The highest BCUT2D eigenvalue weighted by atomic mass is 79.9. The molecular weight excluding hydrogens is 408 g/mol. The molecule has 8 nitrogen and oxygen atoms in total. The number of amides is 1. The fourth-order valence-corrected chi connectivity index (χ4v) is 3.96. The fraction of sp³-hybridized carbons (Fsp3) is 0.333. The van der Waals surface area contributed by atoms with Crippen LogP contribution in [0.3, 0.4) is 0 Å². The van der Waals surface area contributed by atoms with Gasteiger partial charge in [0.05, 0.1) is 22.5 Å². The average molecular weight is 423 g/mol. The van der Waals surface area contributed by atoms with Crippen LogP contribution in [-0.4, -0.2) is 36.4 Å². The van der Waals surface area contributed by atoms with Gasteiger partial charge in [-0.05, 0) is 47.8 Å². The van der Waals surface area contributed by atoms with Gasteiger partial charge in [0, 0.05) is 10.5 Å².